The Kier molecular flexibility index (Phi) is 8.80. The number of hydrogen-bond acceptors (Lipinski definition) is 4. The van der Waals surface area contributed by atoms with Gasteiger partial charge in [-0.1, -0.05) is 34.1 Å². The maximum absolute atomic E-state index is 13.7. The second kappa shape index (κ2) is 10.9. The molecule has 2 amide bonds. The lowest BCUT2D eigenvalue weighted by Gasteiger charge is -2.31. The van der Waals surface area contributed by atoms with Gasteiger partial charge in [0.2, 0.25) is 21.8 Å². The second-order valence-corrected chi connectivity index (χ2v) is 10.6. The lowest BCUT2D eigenvalue weighted by molar-refractivity contribution is -0.139. The Bertz CT molecular complexity index is 1060. The molecule has 32 heavy (non-hydrogen) atoms. The smallest absolute Gasteiger partial charge is 0.244 e. The molecule has 0 radical (unpaired) electrons. The fraction of sp³-hybridized carbons (Fsp3) is 0.364. The van der Waals surface area contributed by atoms with Crippen molar-refractivity contribution in [1.82, 2.24) is 10.2 Å². The number of rotatable bonds is 9. The number of anilines is 1. The number of carbonyl (C=O) groups is 2. The molecular weight excluding hydrogens is 501 g/mol. The first-order valence-electron chi connectivity index (χ1n) is 9.96. The van der Waals surface area contributed by atoms with Crippen molar-refractivity contribution in [2.75, 3.05) is 17.1 Å². The number of nitrogens with one attached hydrogen (secondary N) is 1. The predicted molar refractivity (Wildman–Crippen MR) is 126 cm³/mol. The SMILES string of the molecule is CC(C)NC(=O)[C@H](C)N(Cc1ccc(Br)cc1)C(=O)CN(c1cccc(F)c1)S(C)(=O)=O. The molecule has 174 valence electrons. The van der Waals surface area contributed by atoms with Gasteiger partial charge in [0.25, 0.3) is 0 Å². The van der Waals surface area contributed by atoms with Gasteiger partial charge in [-0.2, -0.15) is 0 Å². The molecule has 0 aliphatic carbocycles. The van der Waals surface area contributed by atoms with Gasteiger partial charge in [-0.3, -0.25) is 13.9 Å². The van der Waals surface area contributed by atoms with Crippen molar-refractivity contribution in [2.45, 2.75) is 39.4 Å². The Morgan fingerprint density at radius 3 is 2.25 bits per heavy atom. The molecule has 0 aromatic heterocycles. The van der Waals surface area contributed by atoms with E-state index in [9.17, 15) is 22.4 Å². The summed E-state index contributed by atoms with van der Waals surface area (Å²) in [6, 6.07) is 11.2. The van der Waals surface area contributed by atoms with E-state index in [0.717, 1.165) is 26.7 Å². The van der Waals surface area contributed by atoms with Crippen LogP contribution in [-0.2, 0) is 26.2 Å². The van der Waals surface area contributed by atoms with Crippen LogP contribution in [0.4, 0.5) is 10.1 Å². The summed E-state index contributed by atoms with van der Waals surface area (Å²) < 4.78 is 40.2. The van der Waals surface area contributed by atoms with E-state index in [2.05, 4.69) is 21.2 Å². The topological polar surface area (TPSA) is 86.8 Å². The molecule has 0 saturated carbocycles. The van der Waals surface area contributed by atoms with Crippen molar-refractivity contribution in [3.8, 4) is 0 Å². The van der Waals surface area contributed by atoms with Crippen molar-refractivity contribution in [2.24, 2.45) is 0 Å². The molecule has 0 heterocycles. The van der Waals surface area contributed by atoms with Gasteiger partial charge in [-0.05, 0) is 56.7 Å². The average Bonchev–Trinajstić information content (AvgIpc) is 2.69. The quantitative estimate of drug-likeness (QED) is 0.542. The third-order valence-electron chi connectivity index (χ3n) is 4.64. The number of amides is 2. The molecule has 2 aromatic rings. The van der Waals surface area contributed by atoms with Crippen molar-refractivity contribution in [1.29, 1.82) is 0 Å². The Morgan fingerprint density at radius 2 is 1.72 bits per heavy atom. The molecule has 2 rings (SSSR count). The number of sulfonamides is 1. The molecule has 1 atom stereocenters. The molecule has 10 heteroatoms. The van der Waals surface area contributed by atoms with Crippen LogP contribution >= 0.6 is 15.9 Å². The van der Waals surface area contributed by atoms with Crippen molar-refractivity contribution in [3.63, 3.8) is 0 Å². The maximum Gasteiger partial charge on any atom is 0.244 e. The second-order valence-electron chi connectivity index (χ2n) is 7.74. The van der Waals surface area contributed by atoms with Crippen LogP contribution in [0, 0.1) is 5.82 Å². The highest BCUT2D eigenvalue weighted by Crippen LogP contribution is 2.20. The van der Waals surface area contributed by atoms with Crippen LogP contribution in [-0.4, -0.2) is 50.0 Å². The Balaban J connectivity index is 2.38. The highest BCUT2D eigenvalue weighted by molar-refractivity contribution is 9.10. The van der Waals surface area contributed by atoms with E-state index in [1.807, 2.05) is 12.1 Å². The van der Waals surface area contributed by atoms with Gasteiger partial charge in [-0.25, -0.2) is 12.8 Å². The van der Waals surface area contributed by atoms with Crippen molar-refractivity contribution >= 4 is 43.5 Å². The molecule has 0 bridgehead atoms. The Morgan fingerprint density at radius 1 is 1.09 bits per heavy atom. The average molecular weight is 528 g/mol. The van der Waals surface area contributed by atoms with E-state index >= 15 is 0 Å². The number of hydrogen-bond donors (Lipinski definition) is 1. The van der Waals surface area contributed by atoms with Gasteiger partial charge < -0.3 is 10.2 Å². The van der Waals surface area contributed by atoms with E-state index in [1.165, 1.54) is 23.1 Å². The third kappa shape index (κ3) is 7.30. The zero-order valence-corrected chi connectivity index (χ0v) is 20.8. The molecule has 0 saturated heterocycles. The molecule has 2 aromatic carbocycles. The van der Waals surface area contributed by atoms with Crippen molar-refractivity contribution < 1.29 is 22.4 Å². The summed E-state index contributed by atoms with van der Waals surface area (Å²) >= 11 is 3.36. The molecule has 0 unspecified atom stereocenters. The van der Waals surface area contributed by atoms with E-state index in [0.29, 0.717) is 0 Å². The predicted octanol–water partition coefficient (Wildman–Crippen LogP) is 3.30. The van der Waals surface area contributed by atoms with Crippen LogP contribution in [0.3, 0.4) is 0 Å². The summed E-state index contributed by atoms with van der Waals surface area (Å²) in [5, 5.41) is 2.77. The van der Waals surface area contributed by atoms with Gasteiger partial charge >= 0.3 is 0 Å². The first-order chi connectivity index (χ1) is 14.9. The van der Waals surface area contributed by atoms with Gasteiger partial charge in [0.05, 0.1) is 11.9 Å². The highest BCUT2D eigenvalue weighted by atomic mass is 79.9. The lowest BCUT2D eigenvalue weighted by Crippen LogP contribution is -2.52. The number of halogens is 2. The third-order valence-corrected chi connectivity index (χ3v) is 6.31. The molecule has 0 aliphatic heterocycles. The van der Waals surface area contributed by atoms with E-state index in [-0.39, 0.29) is 24.2 Å². The first kappa shape index (κ1) is 25.8. The minimum atomic E-state index is -3.89. The summed E-state index contributed by atoms with van der Waals surface area (Å²) in [5.41, 5.74) is 0.797. The zero-order chi connectivity index (χ0) is 24.1. The van der Waals surface area contributed by atoms with Crippen LogP contribution in [0.5, 0.6) is 0 Å². The number of benzene rings is 2. The molecule has 7 nitrogen and oxygen atoms in total. The summed E-state index contributed by atoms with van der Waals surface area (Å²) in [4.78, 5) is 27.3. The molecule has 0 aliphatic rings. The molecule has 0 spiro atoms. The Labute approximate surface area is 196 Å². The van der Waals surface area contributed by atoms with Crippen LogP contribution in [0.15, 0.2) is 53.0 Å². The van der Waals surface area contributed by atoms with Gasteiger partial charge in [0.15, 0.2) is 0 Å². The van der Waals surface area contributed by atoms with E-state index in [1.54, 1.807) is 32.9 Å². The molecular formula is C22H27BrFN3O4S. The number of carbonyl (C=O) groups excluding carboxylic acids is 2. The molecule has 1 N–H and O–H groups in total. The minimum absolute atomic E-state index is 0.0312. The standard InChI is InChI=1S/C22H27BrFN3O4S/c1-15(2)25-22(29)16(3)26(13-17-8-10-18(23)11-9-17)21(28)14-27(32(4,30)31)20-7-5-6-19(24)12-20/h5-12,15-16H,13-14H2,1-4H3,(H,25,29)/t16-/m0/s1. The summed E-state index contributed by atoms with van der Waals surface area (Å²) in [6.45, 7) is 4.72. The normalized spacial score (nSPS) is 12.3. The fourth-order valence-electron chi connectivity index (χ4n) is 3.02. The van der Waals surface area contributed by atoms with Crippen LogP contribution in [0.25, 0.3) is 0 Å². The largest absolute Gasteiger partial charge is 0.352 e. The monoisotopic (exact) mass is 527 g/mol. The molecule has 0 fully saturated rings. The van der Waals surface area contributed by atoms with Gasteiger partial charge in [0.1, 0.15) is 18.4 Å². The van der Waals surface area contributed by atoms with E-state index < -0.39 is 34.3 Å². The fourth-order valence-corrected chi connectivity index (χ4v) is 4.13. The maximum atomic E-state index is 13.7. The highest BCUT2D eigenvalue weighted by Gasteiger charge is 2.30. The summed E-state index contributed by atoms with van der Waals surface area (Å²) in [5.74, 6) is -1.57. The lowest BCUT2D eigenvalue weighted by atomic mass is 10.1. The summed E-state index contributed by atoms with van der Waals surface area (Å²) in [6.07, 6.45) is 0.944. The zero-order valence-electron chi connectivity index (χ0n) is 18.4. The number of nitrogens with zero attached hydrogens (tertiary/aromatic N) is 2. The Hall–Kier alpha value is -2.46. The van der Waals surface area contributed by atoms with Crippen LogP contribution in [0.2, 0.25) is 0 Å². The minimum Gasteiger partial charge on any atom is -0.352 e. The van der Waals surface area contributed by atoms with Crippen molar-refractivity contribution in [3.05, 3.63) is 64.4 Å². The summed E-state index contributed by atoms with van der Waals surface area (Å²) in [7, 11) is -3.89. The van der Waals surface area contributed by atoms with Gasteiger partial charge in [0, 0.05) is 17.1 Å². The van der Waals surface area contributed by atoms with Crippen LogP contribution < -0.4 is 9.62 Å². The van der Waals surface area contributed by atoms with Gasteiger partial charge in [-0.15, -0.1) is 0 Å². The first-order valence-corrected chi connectivity index (χ1v) is 12.6. The van der Waals surface area contributed by atoms with E-state index in [4.69, 9.17) is 0 Å². The van der Waals surface area contributed by atoms with Crippen LogP contribution in [0.1, 0.15) is 26.3 Å².